The molecule has 0 saturated carbocycles. The normalized spacial score (nSPS) is 21.2. The lowest BCUT2D eigenvalue weighted by atomic mass is 10.0. The third-order valence-corrected chi connectivity index (χ3v) is 10.6. The van der Waals surface area contributed by atoms with Crippen LogP contribution < -0.4 is 5.32 Å². The van der Waals surface area contributed by atoms with Gasteiger partial charge in [0.15, 0.2) is 6.10 Å². The van der Waals surface area contributed by atoms with Crippen LogP contribution in [0, 0.1) is 5.21 Å². The van der Waals surface area contributed by atoms with Crippen LogP contribution >= 0.6 is 11.6 Å². The van der Waals surface area contributed by atoms with E-state index in [1.165, 1.54) is 9.80 Å². The molecule has 2 aromatic rings. The summed E-state index contributed by atoms with van der Waals surface area (Å²) >= 11 is 5.95. The fourth-order valence-corrected chi connectivity index (χ4v) is 7.67. The van der Waals surface area contributed by atoms with E-state index >= 15 is 0 Å². The number of aromatic hydroxyl groups is 1. The lowest BCUT2D eigenvalue weighted by molar-refractivity contribution is -0.910. The van der Waals surface area contributed by atoms with Crippen molar-refractivity contribution in [1.29, 1.82) is 0 Å². The van der Waals surface area contributed by atoms with E-state index in [9.17, 15) is 37.9 Å². The van der Waals surface area contributed by atoms with E-state index in [2.05, 4.69) is 5.32 Å². The Kier molecular flexibility index (Phi) is 10.7. The number of likely N-dealkylation sites (tertiary alicyclic amines) is 1. The molecule has 12 nitrogen and oxygen atoms in total. The van der Waals surface area contributed by atoms with Gasteiger partial charge in [0, 0.05) is 50.6 Å². The second-order valence-electron chi connectivity index (χ2n) is 13.4. The number of carbonyl (C=O) groups excluding carboxylic acids is 3. The number of hydrogen-bond donors (Lipinski definition) is 2. The number of piperazine rings is 1. The van der Waals surface area contributed by atoms with Crippen LogP contribution in [0.3, 0.4) is 0 Å². The molecule has 16 heteroatoms. The smallest absolute Gasteiger partial charge is 0.420 e. The highest BCUT2D eigenvalue weighted by molar-refractivity contribution is 6.32. The zero-order valence-corrected chi connectivity index (χ0v) is 28.3. The summed E-state index contributed by atoms with van der Waals surface area (Å²) in [5, 5.41) is 26.0. The molecular formula is C34H41ClF3N5O7. The van der Waals surface area contributed by atoms with E-state index in [1.54, 1.807) is 4.90 Å². The number of amides is 4. The predicted octanol–water partition coefficient (Wildman–Crippen LogP) is 5.00. The van der Waals surface area contributed by atoms with Crippen LogP contribution in [-0.4, -0.2) is 120 Å². The van der Waals surface area contributed by atoms with E-state index in [0.29, 0.717) is 57.9 Å². The van der Waals surface area contributed by atoms with Gasteiger partial charge in [-0.15, -0.1) is 0 Å². The van der Waals surface area contributed by atoms with Crippen molar-refractivity contribution in [2.45, 2.75) is 62.9 Å². The second-order valence-corrected chi connectivity index (χ2v) is 13.8. The molecule has 6 rings (SSSR count). The number of piperidine rings is 1. The number of para-hydroxylation sites is 1. The minimum atomic E-state index is -4.93. The average Bonchev–Trinajstić information content (AvgIpc) is 3.27. The molecule has 1 atom stereocenters. The van der Waals surface area contributed by atoms with Crippen molar-refractivity contribution < 1.29 is 46.8 Å². The highest BCUT2D eigenvalue weighted by atomic mass is 35.5. The maximum absolute atomic E-state index is 13.9. The molecule has 0 radical (unpaired) electrons. The number of carbonyl (C=O) groups is 3. The number of nitrogens with zero attached hydrogens (tertiary/aromatic N) is 4. The predicted molar refractivity (Wildman–Crippen MR) is 176 cm³/mol. The van der Waals surface area contributed by atoms with Crippen molar-refractivity contribution in [1.82, 2.24) is 14.7 Å². The van der Waals surface area contributed by atoms with Crippen molar-refractivity contribution in [3.05, 3.63) is 63.3 Å². The average molecular weight is 724 g/mol. The summed E-state index contributed by atoms with van der Waals surface area (Å²) in [6, 6.07) is 8.90. The highest BCUT2D eigenvalue weighted by Crippen LogP contribution is 2.41. The van der Waals surface area contributed by atoms with Gasteiger partial charge in [-0.2, -0.15) is 13.2 Å². The zero-order chi connectivity index (χ0) is 35.6. The number of benzene rings is 2. The van der Waals surface area contributed by atoms with Crippen molar-refractivity contribution >= 4 is 35.3 Å². The number of hydroxylamine groups is 3. The van der Waals surface area contributed by atoms with Gasteiger partial charge >= 0.3 is 18.3 Å². The van der Waals surface area contributed by atoms with Gasteiger partial charge in [-0.1, -0.05) is 29.8 Å². The van der Waals surface area contributed by atoms with Crippen LogP contribution in [-0.2, 0) is 33.3 Å². The Labute approximate surface area is 292 Å². The maximum atomic E-state index is 13.9. The molecule has 3 saturated heterocycles. The van der Waals surface area contributed by atoms with E-state index in [4.69, 9.17) is 21.1 Å². The van der Waals surface area contributed by atoms with Gasteiger partial charge in [-0.3, -0.25) is 4.79 Å². The van der Waals surface area contributed by atoms with Gasteiger partial charge in [0.25, 0.3) is 5.91 Å². The highest BCUT2D eigenvalue weighted by Gasteiger charge is 2.40. The first kappa shape index (κ1) is 36.0. The van der Waals surface area contributed by atoms with Gasteiger partial charge in [0.1, 0.15) is 5.75 Å². The molecule has 4 aliphatic rings. The number of quaternary nitrogens is 1. The molecule has 0 spiro atoms. The van der Waals surface area contributed by atoms with Crippen LogP contribution in [0.1, 0.15) is 42.4 Å². The van der Waals surface area contributed by atoms with E-state index in [-0.39, 0.29) is 62.9 Å². The summed E-state index contributed by atoms with van der Waals surface area (Å²) in [5.74, 6) is -1.77. The summed E-state index contributed by atoms with van der Waals surface area (Å²) in [5.41, 5.74) is 0.370. The number of alkyl halides is 3. The van der Waals surface area contributed by atoms with Gasteiger partial charge in [-0.05, 0) is 48.6 Å². The van der Waals surface area contributed by atoms with Gasteiger partial charge in [0.05, 0.1) is 56.0 Å². The number of fused-ring (bicyclic) bond motifs is 1. The van der Waals surface area contributed by atoms with E-state index in [0.717, 1.165) is 17.3 Å². The fraction of sp³-hybridized carbons (Fsp3) is 0.559. The summed E-state index contributed by atoms with van der Waals surface area (Å²) < 4.78 is 51.8. The topological polar surface area (TPSA) is 135 Å². The number of anilines is 1. The Morgan fingerprint density at radius 3 is 2.40 bits per heavy atom. The van der Waals surface area contributed by atoms with Crippen molar-refractivity contribution in [2.24, 2.45) is 0 Å². The molecule has 4 heterocycles. The van der Waals surface area contributed by atoms with E-state index in [1.807, 2.05) is 24.3 Å². The number of hydrogen-bond acceptors (Lipinski definition) is 7. The molecule has 2 N–H and O–H groups in total. The van der Waals surface area contributed by atoms with Gasteiger partial charge < -0.3 is 44.5 Å². The first-order valence-corrected chi connectivity index (χ1v) is 17.3. The maximum Gasteiger partial charge on any atom is 0.420 e. The van der Waals surface area contributed by atoms with Crippen molar-refractivity contribution in [3.8, 4) is 5.75 Å². The lowest BCUT2D eigenvalue weighted by Crippen LogP contribution is -2.63. The zero-order valence-electron chi connectivity index (χ0n) is 27.5. The number of phenols is 1. The first-order valence-electron chi connectivity index (χ1n) is 17.0. The quantitative estimate of drug-likeness (QED) is 0.317. The minimum absolute atomic E-state index is 0.0636. The molecule has 0 aliphatic carbocycles. The molecule has 50 heavy (non-hydrogen) atoms. The Balaban J connectivity index is 1.14. The Bertz CT molecular complexity index is 1570. The third-order valence-electron chi connectivity index (χ3n) is 10.3. The molecule has 3 fully saturated rings. The molecule has 0 bridgehead atoms. The van der Waals surface area contributed by atoms with Crippen molar-refractivity contribution in [3.63, 3.8) is 0 Å². The Hall–Kier alpha value is -3.79. The summed E-state index contributed by atoms with van der Waals surface area (Å²) in [7, 11) is 0. The molecule has 0 unspecified atom stereocenters. The Morgan fingerprint density at radius 1 is 1.04 bits per heavy atom. The standard InChI is InChI=1S/C34H41ClF3N5O7/c35-27-20-22(19-26(30(27)44)34(36,37)38)21-29(31(45)40-13-15-43(48,16-14-40)25-8-17-49-18-9-25)50-33(47)41-10-6-24(7-11-41)42-12-5-23-3-1-2-4-28(23)39-32(42)46/h1-4,19-20,24-25,29,44H,5-18,21H2,(H,39,46)/t29-/m1/s1. The monoisotopic (exact) mass is 723 g/mol. The molecule has 4 aliphatic heterocycles. The second kappa shape index (κ2) is 14.8. The van der Waals surface area contributed by atoms with Crippen LogP contribution in [0.4, 0.5) is 28.4 Å². The lowest BCUT2D eigenvalue weighted by Gasteiger charge is -2.54. The van der Waals surface area contributed by atoms with E-state index < -0.39 is 51.7 Å². The number of halogens is 4. The van der Waals surface area contributed by atoms with Crippen LogP contribution in [0.5, 0.6) is 5.75 Å². The number of urea groups is 1. The number of phenolic OH excluding ortho intramolecular Hbond substituents is 1. The first-order chi connectivity index (χ1) is 23.8. The molecule has 4 amide bonds. The van der Waals surface area contributed by atoms with Crippen LogP contribution in [0.15, 0.2) is 36.4 Å². The molecular weight excluding hydrogens is 683 g/mol. The van der Waals surface area contributed by atoms with Gasteiger partial charge in [-0.25, -0.2) is 9.59 Å². The number of ether oxygens (including phenoxy) is 2. The third kappa shape index (κ3) is 7.90. The number of rotatable bonds is 6. The number of nitrogens with one attached hydrogen (secondary N) is 1. The van der Waals surface area contributed by atoms with Crippen LogP contribution in [0.25, 0.3) is 0 Å². The van der Waals surface area contributed by atoms with Crippen LogP contribution in [0.2, 0.25) is 5.02 Å². The largest absolute Gasteiger partial charge is 0.632 e. The molecule has 272 valence electrons. The van der Waals surface area contributed by atoms with Gasteiger partial charge in [0.2, 0.25) is 0 Å². The summed E-state index contributed by atoms with van der Waals surface area (Å²) in [4.78, 5) is 45.1. The Morgan fingerprint density at radius 2 is 1.72 bits per heavy atom. The molecule has 0 aromatic heterocycles. The summed E-state index contributed by atoms with van der Waals surface area (Å²) in [6.07, 6.45) is -4.87. The fourth-order valence-electron chi connectivity index (χ4n) is 7.43. The molecule has 2 aromatic carbocycles. The SMILES string of the molecule is O=C(O[C@H](Cc1cc(Cl)c(O)c(C(F)(F)F)c1)C(=O)N1CC[N+]([O-])(C2CCOCC2)CC1)N1CCC(N2CCc3ccccc3NC2=O)CC1. The minimum Gasteiger partial charge on any atom is -0.632 e. The summed E-state index contributed by atoms with van der Waals surface area (Å²) in [6.45, 7) is 2.41. The van der Waals surface area contributed by atoms with Crippen molar-refractivity contribution in [2.75, 3.05) is 64.3 Å².